The molecule has 0 heterocycles. The zero-order valence-corrected chi connectivity index (χ0v) is 9.96. The molecule has 0 aliphatic carbocycles. The van der Waals surface area contributed by atoms with Gasteiger partial charge in [-0.25, -0.2) is 0 Å². The second-order valence-electron chi connectivity index (χ2n) is 3.77. The highest BCUT2D eigenvalue weighted by Crippen LogP contribution is 2.25. The average Bonchev–Trinajstić information content (AvgIpc) is 2.10. The van der Waals surface area contributed by atoms with Crippen molar-refractivity contribution in [1.82, 2.24) is 0 Å². The van der Waals surface area contributed by atoms with Crippen LogP contribution in [0.25, 0.3) is 0 Å². The number of rotatable bonds is 3. The van der Waals surface area contributed by atoms with Gasteiger partial charge < -0.3 is 0 Å². The summed E-state index contributed by atoms with van der Waals surface area (Å²) in [7, 11) is 0. The molecule has 0 fully saturated rings. The molecule has 0 aliphatic rings. The van der Waals surface area contributed by atoms with E-state index in [2.05, 4.69) is 55.3 Å². The maximum atomic E-state index is 2.80. The summed E-state index contributed by atoms with van der Waals surface area (Å²) in [6.07, 6.45) is 1.26. The molecule has 1 unspecified atom stereocenters. The first-order valence-corrected chi connectivity index (χ1v) is 5.74. The van der Waals surface area contributed by atoms with Crippen molar-refractivity contribution in [3.8, 4) is 0 Å². The Morgan fingerprint density at radius 1 is 1.31 bits per heavy atom. The van der Waals surface area contributed by atoms with Gasteiger partial charge in [-0.1, -0.05) is 31.5 Å². The van der Waals surface area contributed by atoms with Crippen LogP contribution in [0.1, 0.15) is 36.0 Å². The van der Waals surface area contributed by atoms with E-state index in [4.69, 9.17) is 0 Å². The van der Waals surface area contributed by atoms with Gasteiger partial charge in [-0.05, 0) is 36.5 Å². The molecule has 2 radical (unpaired) electrons. The van der Waals surface area contributed by atoms with Crippen molar-refractivity contribution < 1.29 is 0 Å². The molecular weight excluding hydrogens is 171 g/mol. The van der Waals surface area contributed by atoms with E-state index in [9.17, 15) is 0 Å². The smallest absolute Gasteiger partial charge is 0.117 e. The summed E-state index contributed by atoms with van der Waals surface area (Å²) < 4.78 is 0. The fourth-order valence-electron chi connectivity index (χ4n) is 1.71. The summed E-state index contributed by atoms with van der Waals surface area (Å²) in [6.45, 7) is 6.72. The molecule has 0 saturated heterocycles. The summed E-state index contributed by atoms with van der Waals surface area (Å²) in [5.74, 6) is 0.692. The third kappa shape index (κ3) is 2.60. The molecule has 0 aliphatic heterocycles. The van der Waals surface area contributed by atoms with E-state index in [-0.39, 0.29) is 0 Å². The Morgan fingerprint density at radius 3 is 2.62 bits per heavy atom. The lowest BCUT2D eigenvalue weighted by atomic mass is 9.92. The third-order valence-corrected chi connectivity index (χ3v) is 3.11. The quantitative estimate of drug-likeness (QED) is 0.638. The molecule has 0 bridgehead atoms. The van der Waals surface area contributed by atoms with E-state index < -0.39 is 0 Å². The molecule has 0 amide bonds. The van der Waals surface area contributed by atoms with Crippen molar-refractivity contribution in [3.05, 3.63) is 34.9 Å². The molecule has 0 aromatic heterocycles. The van der Waals surface area contributed by atoms with Gasteiger partial charge >= 0.3 is 0 Å². The molecule has 1 aromatic carbocycles. The Morgan fingerprint density at radius 2 is 2.00 bits per heavy atom. The van der Waals surface area contributed by atoms with E-state index in [0.29, 0.717) is 5.92 Å². The minimum absolute atomic E-state index is 0.692. The number of hydrogen-bond donors (Lipinski definition) is 0. The van der Waals surface area contributed by atoms with Crippen LogP contribution in [0.3, 0.4) is 0 Å². The molecular formula is C12H17Al. The van der Waals surface area contributed by atoms with Crippen LogP contribution < -0.4 is 0 Å². The van der Waals surface area contributed by atoms with E-state index in [1.807, 2.05) is 0 Å². The number of aryl methyl sites for hydroxylation is 1. The first kappa shape index (κ1) is 10.8. The van der Waals surface area contributed by atoms with Gasteiger partial charge in [-0.2, -0.15) is 0 Å². The normalized spacial score (nSPS) is 12.8. The highest BCUT2D eigenvalue weighted by molar-refractivity contribution is 6.08. The predicted molar refractivity (Wildman–Crippen MR) is 59.5 cm³/mol. The van der Waals surface area contributed by atoms with Crippen LogP contribution in [-0.2, 0) is 0 Å². The van der Waals surface area contributed by atoms with E-state index in [0.717, 1.165) is 0 Å². The topological polar surface area (TPSA) is 0 Å². The fraction of sp³-hybridized carbons (Fsp3) is 0.500. The molecule has 1 atom stereocenters. The SMILES string of the molecule is Cc1cccc(C(C)C[CH2][Al])c1C. The standard InChI is InChI=1S/C12H17.Al/c1-5-9(2)12-8-6-7-10(3)11(12)4;/h6-9H,1,5H2,2-4H3;. The minimum Gasteiger partial charge on any atom is -0.117 e. The van der Waals surface area contributed by atoms with Gasteiger partial charge in [0, 0.05) is 0 Å². The molecule has 1 rings (SSSR count). The highest BCUT2D eigenvalue weighted by atomic mass is 27.0. The van der Waals surface area contributed by atoms with Crippen molar-refractivity contribution in [3.63, 3.8) is 0 Å². The van der Waals surface area contributed by atoms with E-state index in [1.54, 1.807) is 0 Å². The Labute approximate surface area is 89.8 Å². The van der Waals surface area contributed by atoms with Crippen LogP contribution in [0.15, 0.2) is 18.2 Å². The van der Waals surface area contributed by atoms with Gasteiger partial charge in [-0.15, -0.1) is 5.28 Å². The summed E-state index contributed by atoms with van der Waals surface area (Å²) >= 11 is 2.80. The molecule has 0 N–H and O–H groups in total. The van der Waals surface area contributed by atoms with Crippen molar-refractivity contribution >= 4 is 16.3 Å². The van der Waals surface area contributed by atoms with Crippen molar-refractivity contribution in [2.45, 2.75) is 38.4 Å². The molecule has 0 saturated carbocycles. The van der Waals surface area contributed by atoms with Crippen LogP contribution in [0.5, 0.6) is 0 Å². The Hall–Kier alpha value is -0.248. The van der Waals surface area contributed by atoms with Crippen LogP contribution in [0.2, 0.25) is 5.28 Å². The maximum Gasteiger partial charge on any atom is 0.118 e. The van der Waals surface area contributed by atoms with Gasteiger partial charge in [0.2, 0.25) is 0 Å². The molecule has 68 valence electrons. The maximum absolute atomic E-state index is 2.80. The van der Waals surface area contributed by atoms with Crippen LogP contribution in [0.4, 0.5) is 0 Å². The molecule has 0 nitrogen and oxygen atoms in total. The van der Waals surface area contributed by atoms with Gasteiger partial charge in [0.15, 0.2) is 0 Å². The largest absolute Gasteiger partial charge is 0.118 e. The lowest BCUT2D eigenvalue weighted by Gasteiger charge is -2.15. The van der Waals surface area contributed by atoms with Crippen molar-refractivity contribution in [1.29, 1.82) is 0 Å². The summed E-state index contributed by atoms with van der Waals surface area (Å²) in [6, 6.07) is 6.61. The van der Waals surface area contributed by atoms with Crippen molar-refractivity contribution in [2.24, 2.45) is 0 Å². The molecule has 1 aromatic rings. The van der Waals surface area contributed by atoms with E-state index >= 15 is 0 Å². The first-order chi connectivity index (χ1) is 6.16. The van der Waals surface area contributed by atoms with Gasteiger partial charge in [0.1, 0.15) is 16.3 Å². The zero-order chi connectivity index (χ0) is 9.84. The first-order valence-electron chi connectivity index (χ1n) is 4.93. The second kappa shape index (κ2) is 4.84. The molecule has 0 spiro atoms. The Kier molecular flexibility index (Phi) is 4.03. The molecule has 1 heteroatoms. The average molecular weight is 188 g/mol. The van der Waals surface area contributed by atoms with Gasteiger partial charge in [0.05, 0.1) is 0 Å². The highest BCUT2D eigenvalue weighted by Gasteiger charge is 2.07. The van der Waals surface area contributed by atoms with Crippen molar-refractivity contribution in [2.75, 3.05) is 0 Å². The fourth-order valence-corrected chi connectivity index (χ4v) is 2.21. The number of benzene rings is 1. The van der Waals surface area contributed by atoms with Crippen LogP contribution >= 0.6 is 0 Å². The summed E-state index contributed by atoms with van der Waals surface area (Å²) in [5, 5.41) is 1.19. The Balaban J connectivity index is 2.93. The van der Waals surface area contributed by atoms with Gasteiger partial charge in [0.25, 0.3) is 0 Å². The monoisotopic (exact) mass is 188 g/mol. The van der Waals surface area contributed by atoms with Crippen LogP contribution in [-0.4, -0.2) is 16.3 Å². The predicted octanol–water partition coefficient (Wildman–Crippen LogP) is 3.38. The molecule has 13 heavy (non-hydrogen) atoms. The lowest BCUT2D eigenvalue weighted by molar-refractivity contribution is 0.726. The summed E-state index contributed by atoms with van der Waals surface area (Å²) in [4.78, 5) is 0. The third-order valence-electron chi connectivity index (χ3n) is 2.78. The number of hydrogen-bond acceptors (Lipinski definition) is 0. The summed E-state index contributed by atoms with van der Waals surface area (Å²) in [5.41, 5.74) is 4.39. The van der Waals surface area contributed by atoms with E-state index in [1.165, 1.54) is 28.4 Å². The second-order valence-corrected chi connectivity index (χ2v) is 4.34. The lowest BCUT2D eigenvalue weighted by Crippen LogP contribution is -1.97. The van der Waals surface area contributed by atoms with Gasteiger partial charge in [-0.3, -0.25) is 0 Å². The van der Waals surface area contributed by atoms with Crippen LogP contribution in [0, 0.1) is 13.8 Å². The minimum atomic E-state index is 0.692. The Bertz CT molecular complexity index is 278. The zero-order valence-electron chi connectivity index (χ0n) is 8.80.